The Hall–Kier alpha value is -1.85. The first-order valence-corrected chi connectivity index (χ1v) is 7.05. The van der Waals surface area contributed by atoms with E-state index in [-0.39, 0.29) is 0 Å². The van der Waals surface area contributed by atoms with Crippen LogP contribution in [0.5, 0.6) is 0 Å². The van der Waals surface area contributed by atoms with Crippen molar-refractivity contribution in [3.05, 3.63) is 6.33 Å². The van der Waals surface area contributed by atoms with Gasteiger partial charge in [-0.1, -0.05) is 19.8 Å². The van der Waals surface area contributed by atoms with Crippen LogP contribution in [-0.4, -0.2) is 33.0 Å². The van der Waals surface area contributed by atoms with Crippen LogP contribution in [0.1, 0.15) is 32.6 Å². The molecule has 2 aromatic heterocycles. The minimum Gasteiger partial charge on any atom is -0.368 e. The Morgan fingerprint density at radius 1 is 1.26 bits per heavy atom. The molecule has 0 aromatic carbocycles. The molecular weight excluding hydrogens is 240 g/mol. The number of aromatic nitrogens is 4. The molecule has 0 aliphatic heterocycles. The number of rotatable bonds is 7. The van der Waals surface area contributed by atoms with Gasteiger partial charge >= 0.3 is 0 Å². The van der Waals surface area contributed by atoms with Crippen LogP contribution >= 0.6 is 0 Å². The van der Waals surface area contributed by atoms with Crippen molar-refractivity contribution in [1.29, 1.82) is 0 Å². The van der Waals surface area contributed by atoms with E-state index in [0.29, 0.717) is 11.6 Å². The Morgan fingerprint density at radius 3 is 2.95 bits per heavy atom. The SMILES string of the molecule is CCCNc1nc(NCCC2CC2)c2[nH]cnc2n1. The summed E-state index contributed by atoms with van der Waals surface area (Å²) < 4.78 is 0. The molecular formula is C13H20N6. The van der Waals surface area contributed by atoms with E-state index in [9.17, 15) is 0 Å². The van der Waals surface area contributed by atoms with E-state index in [1.54, 1.807) is 6.33 Å². The first-order chi connectivity index (χ1) is 9.36. The second-order valence-electron chi connectivity index (χ2n) is 5.08. The molecule has 0 atom stereocenters. The zero-order valence-electron chi connectivity index (χ0n) is 11.2. The molecule has 1 aliphatic rings. The average Bonchev–Trinajstić information content (AvgIpc) is 3.12. The van der Waals surface area contributed by atoms with E-state index < -0.39 is 0 Å². The number of nitrogens with zero attached hydrogens (tertiary/aromatic N) is 3. The van der Waals surface area contributed by atoms with Gasteiger partial charge in [0.1, 0.15) is 5.52 Å². The number of imidazole rings is 1. The lowest BCUT2D eigenvalue weighted by molar-refractivity contribution is 0.758. The molecule has 19 heavy (non-hydrogen) atoms. The first kappa shape index (κ1) is 12.2. The number of hydrogen-bond donors (Lipinski definition) is 3. The number of hydrogen-bond acceptors (Lipinski definition) is 5. The topological polar surface area (TPSA) is 78.5 Å². The van der Waals surface area contributed by atoms with Crippen LogP contribution in [0.15, 0.2) is 6.33 Å². The second kappa shape index (κ2) is 5.42. The molecule has 0 unspecified atom stereocenters. The molecule has 102 valence electrons. The van der Waals surface area contributed by atoms with Gasteiger partial charge in [-0.05, 0) is 18.8 Å². The summed E-state index contributed by atoms with van der Waals surface area (Å²) in [5, 5.41) is 6.61. The summed E-state index contributed by atoms with van der Waals surface area (Å²) in [5.41, 5.74) is 1.60. The van der Waals surface area contributed by atoms with E-state index in [0.717, 1.165) is 36.8 Å². The zero-order chi connectivity index (χ0) is 13.1. The molecule has 2 heterocycles. The van der Waals surface area contributed by atoms with E-state index in [1.807, 2.05) is 0 Å². The summed E-state index contributed by atoms with van der Waals surface area (Å²) in [7, 11) is 0. The normalized spacial score (nSPS) is 14.8. The summed E-state index contributed by atoms with van der Waals surface area (Å²) in [6, 6.07) is 0. The Labute approximate surface area is 112 Å². The largest absolute Gasteiger partial charge is 0.368 e. The fourth-order valence-corrected chi connectivity index (χ4v) is 2.08. The zero-order valence-corrected chi connectivity index (χ0v) is 11.2. The molecule has 0 bridgehead atoms. The highest BCUT2D eigenvalue weighted by atomic mass is 15.2. The van der Waals surface area contributed by atoms with Crippen LogP contribution in [0.4, 0.5) is 11.8 Å². The first-order valence-electron chi connectivity index (χ1n) is 7.05. The third kappa shape index (κ3) is 2.94. The Balaban J connectivity index is 1.75. The molecule has 6 nitrogen and oxygen atoms in total. The lowest BCUT2D eigenvalue weighted by atomic mass is 10.3. The maximum absolute atomic E-state index is 4.52. The van der Waals surface area contributed by atoms with Crippen molar-refractivity contribution < 1.29 is 0 Å². The standard InChI is InChI=1S/C13H20N6/c1-2-6-15-13-18-11(14-7-5-9-3-4-9)10-12(19-13)17-8-16-10/h8-9H,2-7H2,1H3,(H3,14,15,16,17,18,19). The maximum Gasteiger partial charge on any atom is 0.226 e. The summed E-state index contributed by atoms with van der Waals surface area (Å²) >= 11 is 0. The molecule has 1 fully saturated rings. The summed E-state index contributed by atoms with van der Waals surface area (Å²) in [4.78, 5) is 16.2. The maximum atomic E-state index is 4.52. The fourth-order valence-electron chi connectivity index (χ4n) is 2.08. The Kier molecular flexibility index (Phi) is 3.48. The van der Waals surface area contributed by atoms with Gasteiger partial charge in [-0.15, -0.1) is 0 Å². The van der Waals surface area contributed by atoms with Gasteiger partial charge in [-0.3, -0.25) is 0 Å². The molecule has 6 heteroatoms. The molecule has 2 aromatic rings. The van der Waals surface area contributed by atoms with Crippen LogP contribution < -0.4 is 10.6 Å². The molecule has 0 saturated heterocycles. The second-order valence-corrected chi connectivity index (χ2v) is 5.08. The van der Waals surface area contributed by atoms with Gasteiger partial charge in [0, 0.05) is 13.1 Å². The average molecular weight is 260 g/mol. The van der Waals surface area contributed by atoms with Gasteiger partial charge in [-0.25, -0.2) is 4.98 Å². The van der Waals surface area contributed by atoms with Crippen molar-refractivity contribution in [2.45, 2.75) is 32.6 Å². The van der Waals surface area contributed by atoms with Gasteiger partial charge in [0.2, 0.25) is 5.95 Å². The predicted octanol–water partition coefficient (Wildman–Crippen LogP) is 2.39. The summed E-state index contributed by atoms with van der Waals surface area (Å²) in [6.45, 7) is 3.95. The third-order valence-corrected chi connectivity index (χ3v) is 3.36. The molecule has 3 rings (SSSR count). The molecule has 3 N–H and O–H groups in total. The predicted molar refractivity (Wildman–Crippen MR) is 76.3 cm³/mol. The van der Waals surface area contributed by atoms with Crippen LogP contribution in [-0.2, 0) is 0 Å². The highest BCUT2D eigenvalue weighted by Crippen LogP contribution is 2.32. The van der Waals surface area contributed by atoms with Crippen LogP contribution in [0.25, 0.3) is 11.2 Å². The van der Waals surface area contributed by atoms with Crippen LogP contribution in [0, 0.1) is 5.92 Å². The van der Waals surface area contributed by atoms with Crippen LogP contribution in [0.2, 0.25) is 0 Å². The summed E-state index contributed by atoms with van der Waals surface area (Å²) in [6.07, 6.45) is 6.70. The number of nitrogens with one attached hydrogen (secondary N) is 3. The Bertz CT molecular complexity index is 545. The third-order valence-electron chi connectivity index (χ3n) is 3.36. The van der Waals surface area contributed by atoms with Crippen molar-refractivity contribution in [2.24, 2.45) is 5.92 Å². The van der Waals surface area contributed by atoms with Crippen LogP contribution in [0.3, 0.4) is 0 Å². The Morgan fingerprint density at radius 2 is 2.16 bits per heavy atom. The van der Waals surface area contributed by atoms with Crippen molar-refractivity contribution in [3.8, 4) is 0 Å². The highest BCUT2D eigenvalue weighted by molar-refractivity contribution is 5.83. The smallest absolute Gasteiger partial charge is 0.226 e. The molecule has 0 amide bonds. The number of aromatic amines is 1. The highest BCUT2D eigenvalue weighted by Gasteiger charge is 2.20. The van der Waals surface area contributed by atoms with E-state index in [1.165, 1.54) is 19.3 Å². The molecule has 0 radical (unpaired) electrons. The monoisotopic (exact) mass is 260 g/mol. The number of fused-ring (bicyclic) bond motifs is 1. The van der Waals surface area contributed by atoms with Crippen molar-refractivity contribution in [3.63, 3.8) is 0 Å². The lowest BCUT2D eigenvalue weighted by Gasteiger charge is -2.08. The van der Waals surface area contributed by atoms with E-state index in [2.05, 4.69) is 37.5 Å². The summed E-state index contributed by atoms with van der Waals surface area (Å²) in [5.74, 6) is 2.42. The molecule has 1 saturated carbocycles. The van der Waals surface area contributed by atoms with E-state index in [4.69, 9.17) is 0 Å². The molecule has 0 spiro atoms. The minimum absolute atomic E-state index is 0.648. The quantitative estimate of drug-likeness (QED) is 0.712. The van der Waals surface area contributed by atoms with Crippen molar-refractivity contribution >= 4 is 22.9 Å². The van der Waals surface area contributed by atoms with E-state index >= 15 is 0 Å². The fraction of sp³-hybridized carbons (Fsp3) is 0.615. The van der Waals surface area contributed by atoms with Crippen molar-refractivity contribution in [1.82, 2.24) is 19.9 Å². The molecule has 1 aliphatic carbocycles. The van der Waals surface area contributed by atoms with Gasteiger partial charge in [0.15, 0.2) is 11.5 Å². The van der Waals surface area contributed by atoms with Gasteiger partial charge in [0.25, 0.3) is 0 Å². The van der Waals surface area contributed by atoms with Crippen molar-refractivity contribution in [2.75, 3.05) is 23.7 Å². The lowest BCUT2D eigenvalue weighted by Crippen LogP contribution is -2.09. The van der Waals surface area contributed by atoms with Gasteiger partial charge < -0.3 is 15.6 Å². The van der Waals surface area contributed by atoms with Gasteiger partial charge in [-0.2, -0.15) is 9.97 Å². The minimum atomic E-state index is 0.648. The van der Waals surface area contributed by atoms with Gasteiger partial charge in [0.05, 0.1) is 6.33 Å². The number of H-pyrrole nitrogens is 1. The number of anilines is 2.